The van der Waals surface area contributed by atoms with E-state index in [-0.39, 0.29) is 5.56 Å². The molecule has 164 valence electrons. The molecular weight excluding hydrogens is 406 g/mol. The fraction of sp³-hybridized carbons (Fsp3) is 0.200. The zero-order valence-corrected chi connectivity index (χ0v) is 18.3. The number of nitrogens with zero attached hydrogens (tertiary/aromatic N) is 2. The van der Waals surface area contributed by atoms with Crippen molar-refractivity contribution in [2.75, 3.05) is 26.3 Å². The van der Waals surface area contributed by atoms with Crippen molar-refractivity contribution < 1.29 is 14.2 Å². The van der Waals surface area contributed by atoms with E-state index in [4.69, 9.17) is 19.2 Å². The average molecular weight is 431 g/mol. The number of para-hydroxylation sites is 2. The minimum atomic E-state index is -0.186. The van der Waals surface area contributed by atoms with Crippen LogP contribution in [0.2, 0.25) is 0 Å². The second-order valence-electron chi connectivity index (χ2n) is 7.04. The van der Waals surface area contributed by atoms with E-state index in [2.05, 4.69) is 5.43 Å². The van der Waals surface area contributed by atoms with Crippen molar-refractivity contribution in [1.29, 1.82) is 0 Å². The second kappa shape index (κ2) is 9.43. The Balaban J connectivity index is 1.83. The zero-order chi connectivity index (χ0) is 22.5. The molecule has 0 amide bonds. The minimum absolute atomic E-state index is 0.186. The molecule has 1 heterocycles. The number of hydrogen-bond donors (Lipinski definition) is 1. The van der Waals surface area contributed by atoms with Crippen molar-refractivity contribution in [3.8, 4) is 28.6 Å². The van der Waals surface area contributed by atoms with Crippen molar-refractivity contribution >= 4 is 10.9 Å². The second-order valence-corrected chi connectivity index (χ2v) is 7.04. The van der Waals surface area contributed by atoms with Crippen molar-refractivity contribution in [2.24, 2.45) is 0 Å². The third-order valence-electron chi connectivity index (χ3n) is 5.12. The highest BCUT2D eigenvalue weighted by Gasteiger charge is 2.15. The monoisotopic (exact) mass is 431 g/mol. The van der Waals surface area contributed by atoms with Gasteiger partial charge in [-0.25, -0.2) is 9.66 Å². The Hall–Kier alpha value is -4.00. The molecule has 3 aromatic carbocycles. The van der Waals surface area contributed by atoms with Crippen LogP contribution in [-0.2, 0) is 6.54 Å². The summed E-state index contributed by atoms with van der Waals surface area (Å²) in [7, 11) is 3.16. The molecule has 0 aliphatic carbocycles. The van der Waals surface area contributed by atoms with E-state index < -0.39 is 0 Å². The first kappa shape index (κ1) is 21.2. The quantitative estimate of drug-likeness (QED) is 0.450. The maximum absolute atomic E-state index is 13.4. The zero-order valence-electron chi connectivity index (χ0n) is 18.3. The van der Waals surface area contributed by atoms with E-state index in [1.807, 2.05) is 61.5 Å². The fourth-order valence-corrected chi connectivity index (χ4v) is 3.56. The van der Waals surface area contributed by atoms with E-state index in [0.29, 0.717) is 41.4 Å². The molecule has 0 aliphatic heterocycles. The van der Waals surface area contributed by atoms with Gasteiger partial charge in [-0.05, 0) is 43.3 Å². The molecule has 1 aromatic heterocycles. The van der Waals surface area contributed by atoms with E-state index in [0.717, 1.165) is 16.9 Å². The Bertz CT molecular complexity index is 1300. The maximum Gasteiger partial charge on any atom is 0.280 e. The first-order valence-electron chi connectivity index (χ1n) is 10.3. The molecule has 0 bridgehead atoms. The Kier molecular flexibility index (Phi) is 6.26. The van der Waals surface area contributed by atoms with Gasteiger partial charge in [-0.1, -0.05) is 30.3 Å². The molecular formula is C25H25N3O4. The number of benzene rings is 3. The highest BCUT2D eigenvalue weighted by molar-refractivity contribution is 5.80. The lowest BCUT2D eigenvalue weighted by Gasteiger charge is -2.18. The Morgan fingerprint density at radius 2 is 1.66 bits per heavy atom. The van der Waals surface area contributed by atoms with Crippen LogP contribution in [0.5, 0.6) is 17.2 Å². The molecule has 32 heavy (non-hydrogen) atoms. The Labute approximate surface area is 186 Å². The van der Waals surface area contributed by atoms with Gasteiger partial charge in [-0.15, -0.1) is 0 Å². The molecule has 0 aliphatic rings. The molecule has 0 fully saturated rings. The number of rotatable bonds is 8. The lowest BCUT2D eigenvalue weighted by molar-refractivity contribution is 0.336. The molecule has 1 N–H and O–H groups in total. The first-order valence-corrected chi connectivity index (χ1v) is 10.3. The van der Waals surface area contributed by atoms with Crippen LogP contribution in [-0.4, -0.2) is 30.5 Å². The number of hydrogen-bond acceptors (Lipinski definition) is 6. The normalized spacial score (nSPS) is 10.7. The van der Waals surface area contributed by atoms with Crippen molar-refractivity contribution in [1.82, 2.24) is 9.66 Å². The molecule has 0 saturated carbocycles. The van der Waals surface area contributed by atoms with Crippen LogP contribution in [0.4, 0.5) is 0 Å². The average Bonchev–Trinajstić information content (AvgIpc) is 2.84. The van der Waals surface area contributed by atoms with Gasteiger partial charge in [0.05, 0.1) is 38.3 Å². The van der Waals surface area contributed by atoms with Crippen LogP contribution in [0, 0.1) is 0 Å². The summed E-state index contributed by atoms with van der Waals surface area (Å²) in [5.41, 5.74) is 5.33. The van der Waals surface area contributed by atoms with Gasteiger partial charge in [0, 0.05) is 11.1 Å². The summed E-state index contributed by atoms with van der Waals surface area (Å²) in [5.74, 6) is 2.41. The number of nitrogens with one attached hydrogen (secondary N) is 1. The van der Waals surface area contributed by atoms with Crippen molar-refractivity contribution in [3.05, 3.63) is 82.6 Å². The topological polar surface area (TPSA) is 74.6 Å². The molecule has 0 radical (unpaired) electrons. The van der Waals surface area contributed by atoms with E-state index in [1.54, 1.807) is 26.4 Å². The highest BCUT2D eigenvalue weighted by atomic mass is 16.5. The third-order valence-corrected chi connectivity index (χ3v) is 5.12. The van der Waals surface area contributed by atoms with E-state index in [9.17, 15) is 4.79 Å². The van der Waals surface area contributed by atoms with Crippen LogP contribution in [0.1, 0.15) is 12.5 Å². The number of methoxy groups -OCH3 is 2. The molecule has 4 rings (SSSR count). The highest BCUT2D eigenvalue weighted by Crippen LogP contribution is 2.31. The van der Waals surface area contributed by atoms with E-state index in [1.165, 1.54) is 4.68 Å². The summed E-state index contributed by atoms with van der Waals surface area (Å²) >= 11 is 0. The smallest absolute Gasteiger partial charge is 0.280 e. The molecule has 0 unspecified atom stereocenters. The summed E-state index contributed by atoms with van der Waals surface area (Å²) in [5, 5.41) is 0.530. The van der Waals surface area contributed by atoms with Gasteiger partial charge in [0.1, 0.15) is 5.75 Å². The molecule has 7 nitrogen and oxygen atoms in total. The number of fused-ring (bicyclic) bond motifs is 1. The van der Waals surface area contributed by atoms with Gasteiger partial charge in [-0.3, -0.25) is 4.79 Å². The molecule has 0 spiro atoms. The van der Waals surface area contributed by atoms with E-state index >= 15 is 0 Å². The van der Waals surface area contributed by atoms with Gasteiger partial charge in [0.2, 0.25) is 0 Å². The first-order chi connectivity index (χ1) is 15.7. The molecule has 0 atom stereocenters. The molecule has 7 heteroatoms. The Morgan fingerprint density at radius 3 is 2.44 bits per heavy atom. The van der Waals surface area contributed by atoms with Gasteiger partial charge in [0.15, 0.2) is 17.3 Å². The molecule has 0 saturated heterocycles. The van der Waals surface area contributed by atoms with Gasteiger partial charge >= 0.3 is 0 Å². The lowest BCUT2D eigenvalue weighted by Crippen LogP contribution is -2.31. The Morgan fingerprint density at radius 1 is 0.906 bits per heavy atom. The maximum atomic E-state index is 13.4. The van der Waals surface area contributed by atoms with Crippen molar-refractivity contribution in [2.45, 2.75) is 13.5 Å². The predicted molar refractivity (Wildman–Crippen MR) is 125 cm³/mol. The van der Waals surface area contributed by atoms with Gasteiger partial charge in [0.25, 0.3) is 5.56 Å². The SMILES string of the molecule is CCOc1ccccc1CNn1c(-c2ccc(OC)c(OC)c2)nc2ccccc2c1=O. The lowest BCUT2D eigenvalue weighted by atomic mass is 10.1. The largest absolute Gasteiger partial charge is 0.494 e. The van der Waals surface area contributed by atoms with Gasteiger partial charge in [-0.2, -0.15) is 0 Å². The standard InChI is InChI=1S/C25H25N3O4/c1-4-32-21-12-8-5-9-18(21)16-26-28-24(17-13-14-22(30-2)23(15-17)31-3)27-20-11-7-6-10-19(20)25(28)29/h5-15,26H,4,16H2,1-3H3. The summed E-state index contributed by atoms with van der Waals surface area (Å²) in [6.07, 6.45) is 0. The van der Waals surface area contributed by atoms with Crippen molar-refractivity contribution in [3.63, 3.8) is 0 Å². The fourth-order valence-electron chi connectivity index (χ4n) is 3.56. The van der Waals surface area contributed by atoms with Crippen LogP contribution in [0.25, 0.3) is 22.3 Å². The van der Waals surface area contributed by atoms with Crippen LogP contribution in [0.15, 0.2) is 71.5 Å². The number of ether oxygens (including phenoxy) is 3. The summed E-state index contributed by atoms with van der Waals surface area (Å²) in [4.78, 5) is 18.2. The summed E-state index contributed by atoms with van der Waals surface area (Å²) in [6.45, 7) is 2.89. The van der Waals surface area contributed by atoms with Crippen LogP contribution >= 0.6 is 0 Å². The minimum Gasteiger partial charge on any atom is -0.494 e. The van der Waals surface area contributed by atoms with Gasteiger partial charge < -0.3 is 19.6 Å². The molecule has 4 aromatic rings. The number of aromatic nitrogens is 2. The van der Waals surface area contributed by atoms with Crippen LogP contribution in [0.3, 0.4) is 0 Å². The third kappa shape index (κ3) is 4.09. The van der Waals surface area contributed by atoms with Crippen LogP contribution < -0.4 is 25.2 Å². The summed E-state index contributed by atoms with van der Waals surface area (Å²) < 4.78 is 18.0. The predicted octanol–water partition coefficient (Wildman–Crippen LogP) is 4.22. The summed E-state index contributed by atoms with van der Waals surface area (Å²) in [6, 6.07) is 20.5.